The van der Waals surface area contributed by atoms with Crippen molar-refractivity contribution in [3.8, 4) is 33.4 Å². The van der Waals surface area contributed by atoms with Gasteiger partial charge in [-0.05, 0) is 73.1 Å². The Balaban J connectivity index is 1.69. The van der Waals surface area contributed by atoms with Gasteiger partial charge in [-0.2, -0.15) is 0 Å². The lowest BCUT2D eigenvalue weighted by Crippen LogP contribution is -2.21. The van der Waals surface area contributed by atoms with Crippen LogP contribution in [0, 0.1) is 0 Å². The Hall–Kier alpha value is -4.80. The summed E-state index contributed by atoms with van der Waals surface area (Å²) >= 11 is 1.52. The van der Waals surface area contributed by atoms with Crippen molar-refractivity contribution in [2.45, 2.75) is 26.6 Å². The van der Waals surface area contributed by atoms with E-state index in [4.69, 9.17) is 23.7 Å². The Morgan fingerprint density at radius 1 is 0.867 bits per heavy atom. The molecule has 0 saturated carbocycles. The van der Waals surface area contributed by atoms with Crippen LogP contribution in [0.4, 0.5) is 4.79 Å². The zero-order valence-electron chi connectivity index (χ0n) is 26.0. The number of hydrogen-bond donors (Lipinski definition) is 0. The Labute approximate surface area is 266 Å². The molecule has 0 unspecified atom stereocenters. The van der Waals surface area contributed by atoms with Crippen LogP contribution in [0.3, 0.4) is 0 Å². The molecule has 234 valence electrons. The Morgan fingerprint density at radius 2 is 1.62 bits per heavy atom. The lowest BCUT2D eigenvalue weighted by molar-refractivity contribution is 0.104. The topological polar surface area (TPSA) is 88.5 Å². The standard InChI is InChI=1S/C35H36N2O7S/c1-6-43-35(39)44-30-22-37(20-25-11-7-8-13-29(25)42-5)34-31(32(30)38)28(33(45-34)24-14-16-26(40-3)17-15-24)21-36(2)19-23-10-9-12-27(18-23)41-4/h7-18,22H,6,19-21H2,1-5H3. The second-order valence-electron chi connectivity index (χ2n) is 10.4. The van der Waals surface area contributed by atoms with Crippen molar-refractivity contribution in [1.82, 2.24) is 9.47 Å². The highest BCUT2D eigenvalue weighted by Crippen LogP contribution is 2.40. The molecule has 0 fully saturated rings. The number of carbonyl (C=O) groups excluding carboxylic acids is 1. The molecule has 5 rings (SSSR count). The van der Waals surface area contributed by atoms with Crippen LogP contribution in [0.5, 0.6) is 23.0 Å². The van der Waals surface area contributed by atoms with E-state index in [0.29, 0.717) is 30.8 Å². The van der Waals surface area contributed by atoms with E-state index in [-0.39, 0.29) is 17.8 Å². The van der Waals surface area contributed by atoms with E-state index in [0.717, 1.165) is 43.5 Å². The molecule has 0 amide bonds. The summed E-state index contributed by atoms with van der Waals surface area (Å²) in [6.07, 6.45) is 0.645. The lowest BCUT2D eigenvalue weighted by Gasteiger charge is -2.18. The normalized spacial score (nSPS) is 11.1. The molecule has 10 heteroatoms. The maximum absolute atomic E-state index is 14.2. The fraction of sp³-hybridized carbons (Fsp3) is 0.257. The van der Waals surface area contributed by atoms with Crippen molar-refractivity contribution in [2.75, 3.05) is 35.0 Å². The fourth-order valence-electron chi connectivity index (χ4n) is 5.25. The van der Waals surface area contributed by atoms with E-state index in [1.54, 1.807) is 34.4 Å². The first-order valence-corrected chi connectivity index (χ1v) is 15.3. The van der Waals surface area contributed by atoms with Crippen molar-refractivity contribution in [1.29, 1.82) is 0 Å². The van der Waals surface area contributed by atoms with Gasteiger partial charge in [-0.15, -0.1) is 11.3 Å². The average Bonchev–Trinajstić information content (AvgIpc) is 3.43. The largest absolute Gasteiger partial charge is 0.514 e. The zero-order chi connectivity index (χ0) is 31.9. The summed E-state index contributed by atoms with van der Waals surface area (Å²) < 4.78 is 28.9. The fourth-order valence-corrected chi connectivity index (χ4v) is 6.54. The van der Waals surface area contributed by atoms with Gasteiger partial charge in [0.25, 0.3) is 0 Å². The number of fused-ring (bicyclic) bond motifs is 1. The first-order valence-electron chi connectivity index (χ1n) is 14.5. The predicted octanol–water partition coefficient (Wildman–Crippen LogP) is 6.97. The minimum atomic E-state index is -0.930. The lowest BCUT2D eigenvalue weighted by atomic mass is 10.0. The number of methoxy groups -OCH3 is 3. The minimum Gasteiger partial charge on any atom is -0.497 e. The summed E-state index contributed by atoms with van der Waals surface area (Å²) in [5.41, 5.74) is 3.37. The number of carbonyl (C=O) groups is 1. The molecule has 9 nitrogen and oxygen atoms in total. The van der Waals surface area contributed by atoms with E-state index in [1.807, 2.05) is 84.4 Å². The van der Waals surface area contributed by atoms with E-state index in [1.165, 1.54) is 11.3 Å². The Bertz CT molecular complexity index is 1850. The van der Waals surface area contributed by atoms with Gasteiger partial charge in [0.1, 0.15) is 22.1 Å². The number of thiophene rings is 1. The van der Waals surface area contributed by atoms with Crippen molar-refractivity contribution in [3.63, 3.8) is 0 Å². The third kappa shape index (κ3) is 7.13. The number of pyridine rings is 1. The highest BCUT2D eigenvalue weighted by atomic mass is 32.1. The molecule has 3 aromatic carbocycles. The molecule has 2 heterocycles. The monoisotopic (exact) mass is 628 g/mol. The summed E-state index contributed by atoms with van der Waals surface area (Å²) in [5, 5.41) is 0.486. The average molecular weight is 629 g/mol. The van der Waals surface area contributed by atoms with Crippen LogP contribution in [-0.2, 0) is 24.4 Å². The maximum atomic E-state index is 14.2. The molecule has 0 spiro atoms. The van der Waals surface area contributed by atoms with Crippen molar-refractivity contribution in [2.24, 2.45) is 0 Å². The van der Waals surface area contributed by atoms with Gasteiger partial charge in [0.05, 0.1) is 46.1 Å². The second kappa shape index (κ2) is 14.3. The Kier molecular flexibility index (Phi) is 10.1. The summed E-state index contributed by atoms with van der Waals surface area (Å²) in [6.45, 7) is 3.25. The van der Waals surface area contributed by atoms with Gasteiger partial charge >= 0.3 is 6.16 Å². The molecule has 0 N–H and O–H groups in total. The van der Waals surface area contributed by atoms with Crippen LogP contribution in [0.2, 0.25) is 0 Å². The highest BCUT2D eigenvalue weighted by molar-refractivity contribution is 7.22. The zero-order valence-corrected chi connectivity index (χ0v) is 26.8. The molecule has 0 aliphatic heterocycles. The van der Waals surface area contributed by atoms with E-state index < -0.39 is 6.16 Å². The first kappa shape index (κ1) is 31.6. The summed E-state index contributed by atoms with van der Waals surface area (Å²) in [6, 6.07) is 23.4. The first-order chi connectivity index (χ1) is 21.8. The van der Waals surface area contributed by atoms with Crippen molar-refractivity contribution in [3.05, 3.63) is 106 Å². The summed E-state index contributed by atoms with van der Waals surface area (Å²) in [7, 11) is 6.90. The van der Waals surface area contributed by atoms with Gasteiger partial charge in [-0.1, -0.05) is 30.3 Å². The highest BCUT2D eigenvalue weighted by Gasteiger charge is 2.24. The van der Waals surface area contributed by atoms with Crippen molar-refractivity contribution >= 4 is 27.7 Å². The molecule has 0 radical (unpaired) electrons. The summed E-state index contributed by atoms with van der Waals surface area (Å²) in [5.74, 6) is 2.12. The third-order valence-electron chi connectivity index (χ3n) is 7.33. The predicted molar refractivity (Wildman–Crippen MR) is 176 cm³/mol. The van der Waals surface area contributed by atoms with Crippen LogP contribution in [0.1, 0.15) is 23.6 Å². The number of nitrogens with zero attached hydrogens (tertiary/aromatic N) is 2. The molecule has 0 aliphatic carbocycles. The Morgan fingerprint density at radius 3 is 2.33 bits per heavy atom. The smallest absolute Gasteiger partial charge is 0.497 e. The molecular formula is C35H36N2O7S. The molecule has 2 aromatic heterocycles. The van der Waals surface area contributed by atoms with Crippen molar-refractivity contribution < 1.29 is 28.5 Å². The molecule has 5 aromatic rings. The van der Waals surface area contributed by atoms with Gasteiger partial charge in [0.2, 0.25) is 5.43 Å². The number of rotatable bonds is 12. The molecule has 45 heavy (non-hydrogen) atoms. The van der Waals surface area contributed by atoms with E-state index in [2.05, 4.69) is 4.90 Å². The van der Waals surface area contributed by atoms with Crippen LogP contribution >= 0.6 is 11.3 Å². The van der Waals surface area contributed by atoms with Gasteiger partial charge in [0.15, 0.2) is 5.75 Å². The van der Waals surface area contributed by atoms with Gasteiger partial charge in [-0.25, -0.2) is 4.79 Å². The molecular weight excluding hydrogens is 592 g/mol. The maximum Gasteiger partial charge on any atom is 0.514 e. The quantitative estimate of drug-likeness (QED) is 0.137. The second-order valence-corrected chi connectivity index (χ2v) is 11.4. The minimum absolute atomic E-state index is 0.105. The van der Waals surface area contributed by atoms with Crippen LogP contribution in [-0.4, -0.2) is 50.6 Å². The van der Waals surface area contributed by atoms with E-state index in [9.17, 15) is 9.59 Å². The molecule has 0 bridgehead atoms. The van der Waals surface area contributed by atoms with Crippen LogP contribution in [0.15, 0.2) is 83.8 Å². The van der Waals surface area contributed by atoms with Gasteiger partial charge < -0.3 is 28.3 Å². The number of para-hydroxylation sites is 1. The molecule has 0 aliphatic rings. The number of ether oxygens (including phenoxy) is 5. The van der Waals surface area contributed by atoms with Crippen LogP contribution in [0.25, 0.3) is 20.7 Å². The van der Waals surface area contributed by atoms with Crippen LogP contribution < -0.4 is 24.4 Å². The summed E-state index contributed by atoms with van der Waals surface area (Å²) in [4.78, 5) is 30.4. The number of hydrogen-bond acceptors (Lipinski definition) is 9. The molecule has 0 saturated heterocycles. The number of aromatic nitrogens is 1. The molecule has 0 atom stereocenters. The third-order valence-corrected chi connectivity index (χ3v) is 8.65. The van der Waals surface area contributed by atoms with E-state index >= 15 is 0 Å². The van der Waals surface area contributed by atoms with Gasteiger partial charge in [0, 0.05) is 23.5 Å². The SMILES string of the molecule is CCOC(=O)Oc1cn(Cc2ccccc2OC)c2sc(-c3ccc(OC)cc3)c(CN(C)Cc3cccc(OC)c3)c2c1=O. The van der Waals surface area contributed by atoms with Gasteiger partial charge in [-0.3, -0.25) is 9.69 Å². The number of benzene rings is 3.